The molecular formula is C30H30N8O. The van der Waals surface area contributed by atoms with Gasteiger partial charge in [-0.05, 0) is 55.6 Å². The summed E-state index contributed by atoms with van der Waals surface area (Å²) in [4.78, 5) is 17.9. The largest absolute Gasteiger partial charge is 0.496 e. The highest BCUT2D eigenvalue weighted by Gasteiger charge is 2.17. The molecule has 0 radical (unpaired) electrons. The number of nitrogens with one attached hydrogen (secondary N) is 3. The second kappa shape index (κ2) is 9.59. The Kier molecular flexibility index (Phi) is 5.78. The lowest BCUT2D eigenvalue weighted by molar-refractivity contribution is 0.313. The van der Waals surface area contributed by atoms with E-state index in [1.165, 1.54) is 5.69 Å². The lowest BCUT2D eigenvalue weighted by atomic mass is 10.1. The minimum Gasteiger partial charge on any atom is -0.496 e. The summed E-state index contributed by atoms with van der Waals surface area (Å²) in [6.07, 6.45) is 0. The van der Waals surface area contributed by atoms with Crippen molar-refractivity contribution in [3.63, 3.8) is 0 Å². The van der Waals surface area contributed by atoms with E-state index < -0.39 is 0 Å². The van der Waals surface area contributed by atoms with Crippen LogP contribution in [0.25, 0.3) is 44.4 Å². The highest BCUT2D eigenvalue weighted by molar-refractivity contribution is 5.95. The van der Waals surface area contributed by atoms with E-state index in [1.807, 2.05) is 30.3 Å². The summed E-state index contributed by atoms with van der Waals surface area (Å²) in [6.45, 7) is 4.80. The molecule has 4 heterocycles. The molecule has 0 atom stereocenters. The third-order valence-electron chi connectivity index (χ3n) is 7.55. The van der Waals surface area contributed by atoms with Crippen LogP contribution in [-0.4, -0.2) is 70.4 Å². The smallest absolute Gasteiger partial charge is 0.159 e. The first kappa shape index (κ1) is 23.5. The van der Waals surface area contributed by atoms with Crippen LogP contribution >= 0.6 is 0 Å². The topological polar surface area (TPSA) is 98.0 Å². The normalized spacial score (nSPS) is 14.5. The zero-order valence-electron chi connectivity index (χ0n) is 22.0. The van der Waals surface area contributed by atoms with E-state index in [4.69, 9.17) is 14.7 Å². The first-order valence-corrected chi connectivity index (χ1v) is 13.2. The predicted molar refractivity (Wildman–Crippen MR) is 157 cm³/mol. The fourth-order valence-electron chi connectivity index (χ4n) is 5.33. The molecule has 3 aromatic heterocycles. The maximum absolute atomic E-state index is 5.59. The number of methoxy groups -OCH3 is 1. The van der Waals surface area contributed by atoms with Crippen molar-refractivity contribution in [2.45, 2.75) is 6.54 Å². The van der Waals surface area contributed by atoms with Gasteiger partial charge in [-0.2, -0.15) is 5.10 Å². The second-order valence-electron chi connectivity index (χ2n) is 10.1. The number of likely N-dealkylation sites (N-methyl/N-ethyl adjacent to an activating group) is 1. The Hall–Kier alpha value is -4.63. The van der Waals surface area contributed by atoms with E-state index in [1.54, 1.807) is 7.11 Å². The standard InChI is InChI=1S/C30H30N8O/c1-37-11-13-38(14-12-37)21-8-10-25-27(17-21)34-30(33-25)29-23-9-7-19(15-26(23)35-36-29)31-18-20-16-28(39-2)22-5-3-4-6-24(22)32-20/h3-10,15-17,31H,11-14,18H2,1-2H3,(H,33,34)(H,35,36). The number of anilines is 2. The molecule has 0 unspecified atom stereocenters. The van der Waals surface area contributed by atoms with E-state index in [0.717, 1.165) is 87.7 Å². The van der Waals surface area contributed by atoms with Crippen molar-refractivity contribution in [3.8, 4) is 17.3 Å². The number of imidazole rings is 1. The first-order valence-electron chi connectivity index (χ1n) is 13.2. The molecule has 0 amide bonds. The van der Waals surface area contributed by atoms with E-state index in [9.17, 15) is 0 Å². The summed E-state index contributed by atoms with van der Waals surface area (Å²) in [5.41, 5.74) is 7.76. The van der Waals surface area contributed by atoms with Gasteiger partial charge in [0, 0.05) is 54.4 Å². The molecule has 0 saturated carbocycles. The van der Waals surface area contributed by atoms with Crippen LogP contribution in [0.3, 0.4) is 0 Å². The Labute approximate surface area is 225 Å². The number of rotatable bonds is 6. The molecule has 1 saturated heterocycles. The van der Waals surface area contributed by atoms with Gasteiger partial charge >= 0.3 is 0 Å². The Bertz CT molecular complexity index is 1800. The Balaban J connectivity index is 1.12. The van der Waals surface area contributed by atoms with Crippen molar-refractivity contribution in [2.24, 2.45) is 0 Å². The average molecular weight is 519 g/mol. The van der Waals surface area contributed by atoms with E-state index in [-0.39, 0.29) is 0 Å². The number of aromatic nitrogens is 5. The minimum absolute atomic E-state index is 0.576. The Morgan fingerprint density at radius 1 is 0.872 bits per heavy atom. The number of hydrogen-bond acceptors (Lipinski definition) is 7. The minimum atomic E-state index is 0.576. The van der Waals surface area contributed by atoms with Gasteiger partial charge in [0.25, 0.3) is 0 Å². The van der Waals surface area contributed by atoms with Gasteiger partial charge in [0.1, 0.15) is 11.4 Å². The maximum Gasteiger partial charge on any atom is 0.159 e. The van der Waals surface area contributed by atoms with Crippen LogP contribution in [0.5, 0.6) is 5.75 Å². The lowest BCUT2D eigenvalue weighted by Gasteiger charge is -2.34. The quantitative estimate of drug-likeness (QED) is 0.285. The lowest BCUT2D eigenvalue weighted by Crippen LogP contribution is -2.44. The molecule has 39 heavy (non-hydrogen) atoms. The molecule has 0 spiro atoms. The maximum atomic E-state index is 5.59. The van der Waals surface area contributed by atoms with Crippen LogP contribution in [0.2, 0.25) is 0 Å². The number of ether oxygens (including phenoxy) is 1. The van der Waals surface area contributed by atoms with Gasteiger partial charge in [0.05, 0.1) is 41.4 Å². The van der Waals surface area contributed by atoms with Crippen molar-refractivity contribution in [2.75, 3.05) is 50.6 Å². The number of hydrogen-bond donors (Lipinski definition) is 3. The fraction of sp³-hybridized carbons (Fsp3) is 0.233. The van der Waals surface area contributed by atoms with E-state index >= 15 is 0 Å². The van der Waals surface area contributed by atoms with Crippen molar-refractivity contribution in [3.05, 3.63) is 72.4 Å². The predicted octanol–water partition coefficient (Wildman–Crippen LogP) is 5.03. The molecule has 1 aliphatic rings. The summed E-state index contributed by atoms with van der Waals surface area (Å²) < 4.78 is 5.59. The van der Waals surface area contributed by atoms with Crippen LogP contribution in [0.1, 0.15) is 5.69 Å². The number of nitrogens with zero attached hydrogens (tertiary/aromatic N) is 5. The molecule has 9 nitrogen and oxygen atoms in total. The fourth-order valence-corrected chi connectivity index (χ4v) is 5.33. The molecule has 0 bridgehead atoms. The van der Waals surface area contributed by atoms with Gasteiger partial charge in [-0.25, -0.2) is 4.98 Å². The number of H-pyrrole nitrogens is 2. The second-order valence-corrected chi connectivity index (χ2v) is 10.1. The number of pyridine rings is 1. The summed E-state index contributed by atoms with van der Waals surface area (Å²) >= 11 is 0. The molecule has 3 aromatic carbocycles. The zero-order chi connectivity index (χ0) is 26.3. The summed E-state index contributed by atoms with van der Waals surface area (Å²) in [5.74, 6) is 1.59. The van der Waals surface area contributed by atoms with Crippen molar-refractivity contribution >= 4 is 44.2 Å². The Morgan fingerprint density at radius 2 is 1.74 bits per heavy atom. The SMILES string of the molecule is COc1cc(CNc2ccc3c(-c4nc5ccc(N6CCN(C)CC6)cc5[nH]4)n[nH]c3c2)nc2ccccc12. The third kappa shape index (κ3) is 4.40. The van der Waals surface area contributed by atoms with Crippen LogP contribution < -0.4 is 15.0 Å². The van der Waals surface area contributed by atoms with Gasteiger partial charge < -0.3 is 24.8 Å². The Morgan fingerprint density at radius 3 is 2.62 bits per heavy atom. The summed E-state index contributed by atoms with van der Waals surface area (Å²) in [5, 5.41) is 13.3. The van der Waals surface area contributed by atoms with Gasteiger partial charge in [-0.1, -0.05) is 12.1 Å². The van der Waals surface area contributed by atoms with Gasteiger partial charge in [0.15, 0.2) is 5.82 Å². The van der Waals surface area contributed by atoms with E-state index in [2.05, 4.69) is 73.7 Å². The molecule has 1 aliphatic heterocycles. The number of benzene rings is 3. The number of piperazine rings is 1. The molecule has 3 N–H and O–H groups in total. The molecule has 6 aromatic rings. The van der Waals surface area contributed by atoms with Crippen LogP contribution in [0, 0.1) is 0 Å². The van der Waals surface area contributed by atoms with Gasteiger partial charge in [-0.3, -0.25) is 10.1 Å². The van der Waals surface area contributed by atoms with Crippen LogP contribution in [-0.2, 0) is 6.54 Å². The monoisotopic (exact) mass is 518 g/mol. The molecule has 7 rings (SSSR count). The number of aromatic amines is 2. The summed E-state index contributed by atoms with van der Waals surface area (Å²) in [7, 11) is 3.87. The van der Waals surface area contributed by atoms with Gasteiger partial charge in [0.2, 0.25) is 0 Å². The zero-order valence-corrected chi connectivity index (χ0v) is 22.0. The van der Waals surface area contributed by atoms with Crippen molar-refractivity contribution < 1.29 is 4.74 Å². The van der Waals surface area contributed by atoms with Crippen molar-refractivity contribution in [1.82, 2.24) is 30.0 Å². The molecule has 196 valence electrons. The third-order valence-corrected chi connectivity index (χ3v) is 7.55. The average Bonchev–Trinajstić information content (AvgIpc) is 3.59. The molecular weight excluding hydrogens is 488 g/mol. The van der Waals surface area contributed by atoms with Crippen molar-refractivity contribution in [1.29, 1.82) is 0 Å². The van der Waals surface area contributed by atoms with Crippen LogP contribution in [0.4, 0.5) is 11.4 Å². The highest BCUT2D eigenvalue weighted by atomic mass is 16.5. The first-order chi connectivity index (χ1) is 19.1. The molecule has 0 aliphatic carbocycles. The molecule has 9 heteroatoms. The molecule has 1 fully saturated rings. The number of fused-ring (bicyclic) bond motifs is 3. The highest BCUT2D eigenvalue weighted by Crippen LogP contribution is 2.30. The number of para-hydroxylation sites is 1. The summed E-state index contributed by atoms with van der Waals surface area (Å²) in [6, 6.07) is 22.7. The van der Waals surface area contributed by atoms with Gasteiger partial charge in [-0.15, -0.1) is 0 Å². The van der Waals surface area contributed by atoms with Crippen LogP contribution in [0.15, 0.2) is 66.7 Å². The van der Waals surface area contributed by atoms with E-state index in [0.29, 0.717) is 6.54 Å².